The van der Waals surface area contributed by atoms with E-state index in [1.807, 2.05) is 0 Å². The average Bonchev–Trinajstić information content (AvgIpc) is 2.71. The van der Waals surface area contributed by atoms with Gasteiger partial charge in [-0.2, -0.15) is 4.31 Å². The summed E-state index contributed by atoms with van der Waals surface area (Å²) in [6.07, 6.45) is 0. The molecule has 1 N–H and O–H groups in total. The first kappa shape index (κ1) is 20.9. The molecule has 1 heterocycles. The number of aryl methyl sites for hydroxylation is 1. The van der Waals surface area contributed by atoms with Crippen molar-refractivity contribution in [3.05, 3.63) is 59.4 Å². The number of rotatable bonds is 4. The van der Waals surface area contributed by atoms with Crippen LogP contribution >= 0.6 is 0 Å². The minimum atomic E-state index is -3.80. The second-order valence-corrected chi connectivity index (χ2v) is 8.79. The molecule has 0 atom stereocenters. The summed E-state index contributed by atoms with van der Waals surface area (Å²) in [4.78, 5) is 25.5. The Hall–Kier alpha value is -2.78. The number of nitrogens with one attached hydrogen (secondary N) is 1. The van der Waals surface area contributed by atoms with Crippen molar-refractivity contribution in [1.82, 2.24) is 9.21 Å². The van der Waals surface area contributed by atoms with Crippen LogP contribution in [0.2, 0.25) is 0 Å². The smallest absolute Gasteiger partial charge is 0.255 e. The van der Waals surface area contributed by atoms with Gasteiger partial charge in [0, 0.05) is 44.4 Å². The fourth-order valence-corrected chi connectivity index (χ4v) is 4.53. The molecule has 1 aliphatic rings. The van der Waals surface area contributed by atoms with E-state index >= 15 is 0 Å². The van der Waals surface area contributed by atoms with Crippen molar-refractivity contribution >= 4 is 27.5 Å². The summed E-state index contributed by atoms with van der Waals surface area (Å²) < 4.78 is 40.8. The Morgan fingerprint density at radius 1 is 1.03 bits per heavy atom. The van der Waals surface area contributed by atoms with Crippen LogP contribution in [0, 0.1) is 12.7 Å². The highest BCUT2D eigenvalue weighted by molar-refractivity contribution is 7.89. The Bertz CT molecular complexity index is 1050. The van der Waals surface area contributed by atoms with Gasteiger partial charge in [0.15, 0.2) is 0 Å². The van der Waals surface area contributed by atoms with E-state index < -0.39 is 21.7 Å². The third-order valence-electron chi connectivity index (χ3n) is 4.85. The number of sulfonamides is 1. The van der Waals surface area contributed by atoms with Gasteiger partial charge in [-0.05, 0) is 42.8 Å². The lowest BCUT2D eigenvalue weighted by atomic mass is 10.2. The molecule has 1 fully saturated rings. The highest BCUT2D eigenvalue weighted by atomic mass is 32.2. The molecule has 1 aliphatic heterocycles. The van der Waals surface area contributed by atoms with Crippen LogP contribution in [0.15, 0.2) is 47.4 Å². The Morgan fingerprint density at radius 2 is 1.72 bits per heavy atom. The second kappa shape index (κ2) is 8.30. The topological polar surface area (TPSA) is 86.8 Å². The van der Waals surface area contributed by atoms with E-state index in [2.05, 4.69) is 5.32 Å². The third-order valence-corrected chi connectivity index (χ3v) is 6.74. The second-order valence-electron chi connectivity index (χ2n) is 6.86. The molecule has 0 saturated carbocycles. The van der Waals surface area contributed by atoms with Gasteiger partial charge in [0.25, 0.3) is 5.91 Å². The molecule has 0 aromatic heterocycles. The first-order chi connectivity index (χ1) is 13.7. The number of hydrogen-bond acceptors (Lipinski definition) is 4. The molecule has 1 saturated heterocycles. The van der Waals surface area contributed by atoms with E-state index in [0.717, 1.165) is 0 Å². The molecule has 0 unspecified atom stereocenters. The van der Waals surface area contributed by atoms with Crippen molar-refractivity contribution in [2.75, 3.05) is 31.5 Å². The molecule has 2 aromatic carbocycles. The van der Waals surface area contributed by atoms with Crippen molar-refractivity contribution in [2.45, 2.75) is 18.7 Å². The monoisotopic (exact) mass is 419 g/mol. The van der Waals surface area contributed by atoms with E-state index in [1.165, 1.54) is 41.6 Å². The quantitative estimate of drug-likeness (QED) is 0.824. The van der Waals surface area contributed by atoms with E-state index in [0.29, 0.717) is 18.7 Å². The molecule has 29 heavy (non-hydrogen) atoms. The van der Waals surface area contributed by atoms with Crippen molar-refractivity contribution in [3.63, 3.8) is 0 Å². The summed E-state index contributed by atoms with van der Waals surface area (Å²) >= 11 is 0. The van der Waals surface area contributed by atoms with Gasteiger partial charge in [0.1, 0.15) is 5.82 Å². The number of carbonyl (C=O) groups is 2. The van der Waals surface area contributed by atoms with Gasteiger partial charge in [-0.3, -0.25) is 9.59 Å². The van der Waals surface area contributed by atoms with Crippen LogP contribution in [0.5, 0.6) is 0 Å². The van der Waals surface area contributed by atoms with Crippen LogP contribution in [0.3, 0.4) is 0 Å². The fourth-order valence-electron chi connectivity index (χ4n) is 3.06. The molecule has 3 rings (SSSR count). The molecular weight excluding hydrogens is 397 g/mol. The van der Waals surface area contributed by atoms with Crippen molar-refractivity contribution in [2.24, 2.45) is 0 Å². The summed E-state index contributed by atoms with van der Waals surface area (Å²) in [5, 5.41) is 2.57. The van der Waals surface area contributed by atoms with Gasteiger partial charge in [0.05, 0.1) is 4.90 Å². The molecule has 0 aliphatic carbocycles. The Balaban J connectivity index is 1.77. The third kappa shape index (κ3) is 4.63. The van der Waals surface area contributed by atoms with Crippen LogP contribution < -0.4 is 5.32 Å². The molecular formula is C20H22FN3O4S. The number of halogens is 1. The number of benzene rings is 2. The highest BCUT2D eigenvalue weighted by Gasteiger charge is 2.29. The van der Waals surface area contributed by atoms with Gasteiger partial charge < -0.3 is 10.2 Å². The molecule has 7 nitrogen and oxygen atoms in total. The Labute approximate surface area is 169 Å². The molecule has 9 heteroatoms. The van der Waals surface area contributed by atoms with Crippen LogP contribution in [-0.2, 0) is 14.8 Å². The Kier molecular flexibility index (Phi) is 5.99. The van der Waals surface area contributed by atoms with Gasteiger partial charge >= 0.3 is 0 Å². The maximum Gasteiger partial charge on any atom is 0.255 e. The van der Waals surface area contributed by atoms with E-state index in [4.69, 9.17) is 0 Å². The van der Waals surface area contributed by atoms with E-state index in [1.54, 1.807) is 24.0 Å². The molecule has 2 amide bonds. The van der Waals surface area contributed by atoms with Crippen molar-refractivity contribution in [3.8, 4) is 0 Å². The highest BCUT2D eigenvalue weighted by Crippen LogP contribution is 2.20. The summed E-state index contributed by atoms with van der Waals surface area (Å²) in [5.74, 6) is -1.07. The van der Waals surface area contributed by atoms with Gasteiger partial charge in [-0.1, -0.05) is 12.1 Å². The maximum atomic E-state index is 13.7. The zero-order valence-corrected chi connectivity index (χ0v) is 17.0. The van der Waals surface area contributed by atoms with Crippen LogP contribution in [0.1, 0.15) is 22.8 Å². The average molecular weight is 419 g/mol. The molecule has 0 bridgehead atoms. The summed E-state index contributed by atoms with van der Waals surface area (Å²) in [5.41, 5.74) is 0.891. The summed E-state index contributed by atoms with van der Waals surface area (Å²) in [6, 6.07) is 10.0. The minimum Gasteiger partial charge on any atom is -0.340 e. The lowest BCUT2D eigenvalue weighted by Crippen LogP contribution is -2.49. The summed E-state index contributed by atoms with van der Waals surface area (Å²) in [7, 11) is -3.80. The lowest BCUT2D eigenvalue weighted by Gasteiger charge is -2.33. The molecule has 2 aromatic rings. The molecule has 154 valence electrons. The molecule has 0 radical (unpaired) electrons. The predicted octanol–water partition coefficient (Wildman–Crippen LogP) is 2.24. The minimum absolute atomic E-state index is 0.00323. The van der Waals surface area contributed by atoms with Crippen LogP contribution in [0.25, 0.3) is 0 Å². The SMILES string of the molecule is CC(=O)N1CCN(S(=O)(=O)c2cccc(C(=O)Nc3ccc(C)c(F)c3)c2)CC1. The molecule has 0 spiro atoms. The maximum absolute atomic E-state index is 13.7. The number of carbonyl (C=O) groups excluding carboxylic acids is 2. The van der Waals surface area contributed by atoms with E-state index in [-0.39, 0.29) is 35.1 Å². The van der Waals surface area contributed by atoms with Gasteiger partial charge in [0.2, 0.25) is 15.9 Å². The predicted molar refractivity (Wildman–Crippen MR) is 107 cm³/mol. The number of hydrogen-bond donors (Lipinski definition) is 1. The number of piperazine rings is 1. The number of nitrogens with zero attached hydrogens (tertiary/aromatic N) is 2. The summed E-state index contributed by atoms with van der Waals surface area (Å²) in [6.45, 7) is 4.11. The van der Waals surface area contributed by atoms with Crippen molar-refractivity contribution < 1.29 is 22.4 Å². The largest absolute Gasteiger partial charge is 0.340 e. The fraction of sp³-hybridized carbons (Fsp3) is 0.300. The zero-order valence-electron chi connectivity index (χ0n) is 16.2. The van der Waals surface area contributed by atoms with Crippen LogP contribution in [0.4, 0.5) is 10.1 Å². The number of anilines is 1. The first-order valence-electron chi connectivity index (χ1n) is 9.12. The first-order valence-corrected chi connectivity index (χ1v) is 10.6. The van der Waals surface area contributed by atoms with E-state index in [9.17, 15) is 22.4 Å². The number of amides is 2. The lowest BCUT2D eigenvalue weighted by molar-refractivity contribution is -0.129. The normalized spacial score (nSPS) is 15.2. The van der Waals surface area contributed by atoms with Gasteiger partial charge in [-0.15, -0.1) is 0 Å². The Morgan fingerprint density at radius 3 is 2.34 bits per heavy atom. The standard InChI is InChI=1S/C20H22FN3O4S/c1-14-6-7-17(13-19(14)21)22-20(26)16-4-3-5-18(12-16)29(27,28)24-10-8-23(9-11-24)15(2)25/h3-7,12-13H,8-11H2,1-2H3,(H,22,26). The zero-order chi connectivity index (χ0) is 21.2. The van der Waals surface area contributed by atoms with Crippen molar-refractivity contribution in [1.29, 1.82) is 0 Å². The van der Waals surface area contributed by atoms with Gasteiger partial charge in [-0.25, -0.2) is 12.8 Å². The van der Waals surface area contributed by atoms with Crippen LogP contribution in [-0.4, -0.2) is 55.6 Å².